The number of aliphatic hydroxyl groups is 1. The summed E-state index contributed by atoms with van der Waals surface area (Å²) in [6, 6.07) is 0.916. The molecule has 1 saturated heterocycles. The Bertz CT molecular complexity index is 664. The molecule has 3 rings (SSSR count). The monoisotopic (exact) mass is 341 g/mol. The van der Waals surface area contributed by atoms with Crippen molar-refractivity contribution in [3.63, 3.8) is 0 Å². The van der Waals surface area contributed by atoms with E-state index >= 15 is 0 Å². The van der Waals surface area contributed by atoms with E-state index in [1.165, 1.54) is 12.3 Å². The van der Waals surface area contributed by atoms with Crippen molar-refractivity contribution < 1.29 is 18.3 Å². The number of carbonyl (C=O) groups excluding carboxylic acids is 1. The van der Waals surface area contributed by atoms with Gasteiger partial charge in [-0.05, 0) is 31.7 Å². The van der Waals surface area contributed by atoms with Crippen LogP contribution in [-0.4, -0.2) is 54.6 Å². The first-order valence-electron chi connectivity index (χ1n) is 8.15. The smallest absolute Gasteiger partial charge is 0.270 e. The van der Waals surface area contributed by atoms with E-state index in [9.17, 15) is 18.3 Å². The average Bonchev–Trinajstić information content (AvgIpc) is 3.20. The van der Waals surface area contributed by atoms with Crippen molar-refractivity contribution in [2.75, 3.05) is 13.1 Å². The van der Waals surface area contributed by atoms with Gasteiger partial charge in [0.25, 0.3) is 5.91 Å². The summed E-state index contributed by atoms with van der Waals surface area (Å²) >= 11 is 0. The first-order valence-corrected chi connectivity index (χ1v) is 9.64. The maximum atomic E-state index is 12.4. The molecule has 1 aromatic heterocycles. The lowest BCUT2D eigenvalue weighted by atomic mass is 9.93. The van der Waals surface area contributed by atoms with Gasteiger partial charge in [-0.2, -0.15) is 0 Å². The number of H-pyrrole nitrogens is 1. The zero-order valence-electron chi connectivity index (χ0n) is 13.0. The van der Waals surface area contributed by atoms with Gasteiger partial charge >= 0.3 is 0 Å². The van der Waals surface area contributed by atoms with Crippen LogP contribution in [0.2, 0.25) is 0 Å². The zero-order chi connectivity index (χ0) is 16.4. The van der Waals surface area contributed by atoms with Gasteiger partial charge in [0.05, 0.1) is 6.10 Å². The molecular weight excluding hydrogens is 318 g/mol. The Kier molecular flexibility index (Phi) is 4.74. The van der Waals surface area contributed by atoms with Crippen molar-refractivity contribution in [2.45, 2.75) is 55.6 Å². The normalized spacial score (nSPS) is 25.7. The minimum Gasteiger partial charge on any atom is -0.391 e. The highest BCUT2D eigenvalue weighted by Gasteiger charge is 2.29. The van der Waals surface area contributed by atoms with E-state index in [0.717, 1.165) is 25.7 Å². The number of nitrogens with zero attached hydrogens (tertiary/aromatic N) is 1. The van der Waals surface area contributed by atoms with Crippen LogP contribution >= 0.6 is 0 Å². The molecule has 1 aliphatic carbocycles. The predicted octanol–water partition coefficient (Wildman–Crippen LogP) is 0.832. The summed E-state index contributed by atoms with van der Waals surface area (Å²) < 4.78 is 27.4. The number of sulfonamides is 1. The van der Waals surface area contributed by atoms with Gasteiger partial charge in [0.15, 0.2) is 0 Å². The summed E-state index contributed by atoms with van der Waals surface area (Å²) in [6.45, 7) is 1.43. The molecule has 1 aromatic rings. The van der Waals surface area contributed by atoms with Crippen molar-refractivity contribution in [3.05, 3.63) is 18.0 Å². The molecular formula is C15H23N3O4S. The van der Waals surface area contributed by atoms with Crippen LogP contribution in [0.4, 0.5) is 0 Å². The Morgan fingerprint density at radius 1 is 1.22 bits per heavy atom. The molecule has 0 bridgehead atoms. The average molecular weight is 341 g/mol. The molecule has 0 aromatic carbocycles. The minimum absolute atomic E-state index is 0.0396. The lowest BCUT2D eigenvalue weighted by Gasteiger charge is -2.27. The van der Waals surface area contributed by atoms with Crippen LogP contribution in [-0.2, 0) is 10.0 Å². The Morgan fingerprint density at radius 2 is 1.91 bits per heavy atom. The molecule has 1 amide bonds. The number of carbonyl (C=O) groups is 1. The van der Waals surface area contributed by atoms with E-state index in [0.29, 0.717) is 25.9 Å². The van der Waals surface area contributed by atoms with Crippen molar-refractivity contribution >= 4 is 15.9 Å². The Morgan fingerprint density at radius 3 is 2.61 bits per heavy atom. The van der Waals surface area contributed by atoms with Gasteiger partial charge in [-0.15, -0.1) is 0 Å². The van der Waals surface area contributed by atoms with Crippen LogP contribution in [0.3, 0.4) is 0 Å². The lowest BCUT2D eigenvalue weighted by Crippen LogP contribution is -2.44. The molecule has 1 saturated carbocycles. The van der Waals surface area contributed by atoms with Gasteiger partial charge in [-0.25, -0.2) is 13.1 Å². The van der Waals surface area contributed by atoms with Crippen molar-refractivity contribution in [1.82, 2.24) is 14.6 Å². The first-order chi connectivity index (χ1) is 11.0. The molecule has 2 aliphatic rings. The zero-order valence-corrected chi connectivity index (χ0v) is 13.8. The second-order valence-corrected chi connectivity index (χ2v) is 8.04. The Hall–Kier alpha value is -1.38. The fourth-order valence-electron chi connectivity index (χ4n) is 3.26. The number of amides is 1. The summed E-state index contributed by atoms with van der Waals surface area (Å²) in [5.41, 5.74) is 0.288. The van der Waals surface area contributed by atoms with Gasteiger partial charge in [0.2, 0.25) is 10.0 Å². The van der Waals surface area contributed by atoms with E-state index in [2.05, 4.69) is 9.71 Å². The third-order valence-corrected chi connectivity index (χ3v) is 6.10. The van der Waals surface area contributed by atoms with Crippen molar-refractivity contribution in [1.29, 1.82) is 0 Å². The van der Waals surface area contributed by atoms with Crippen LogP contribution in [0.5, 0.6) is 0 Å². The van der Waals surface area contributed by atoms with Crippen LogP contribution in [0.15, 0.2) is 17.2 Å². The Labute approximate surface area is 136 Å². The maximum absolute atomic E-state index is 12.4. The fraction of sp³-hybridized carbons (Fsp3) is 0.667. The maximum Gasteiger partial charge on any atom is 0.270 e. The number of hydrogen-bond acceptors (Lipinski definition) is 4. The molecule has 7 nitrogen and oxygen atoms in total. The predicted molar refractivity (Wildman–Crippen MR) is 84.5 cm³/mol. The molecule has 3 N–H and O–H groups in total. The van der Waals surface area contributed by atoms with E-state index in [4.69, 9.17) is 0 Å². The summed E-state index contributed by atoms with van der Waals surface area (Å²) in [7, 11) is -3.74. The molecule has 2 heterocycles. The molecule has 23 heavy (non-hydrogen) atoms. The highest BCUT2D eigenvalue weighted by Crippen LogP contribution is 2.21. The topological polar surface area (TPSA) is 102 Å². The van der Waals surface area contributed by atoms with Crippen LogP contribution in [0.25, 0.3) is 0 Å². The molecule has 128 valence electrons. The second-order valence-electron chi connectivity index (χ2n) is 6.33. The van der Waals surface area contributed by atoms with E-state index in [1.807, 2.05) is 0 Å². The Balaban J connectivity index is 1.71. The number of rotatable bonds is 4. The first kappa shape index (κ1) is 16.5. The summed E-state index contributed by atoms with van der Waals surface area (Å²) in [6.07, 6.45) is 5.71. The molecule has 1 aliphatic heterocycles. The third kappa shape index (κ3) is 3.59. The standard InChI is InChI=1S/C15H23N3O4S/c19-14-6-2-1-5-12(14)17-23(21,22)11-9-13(16-10-11)15(20)18-7-3-4-8-18/h9-10,12,14,16-17,19H,1-8H2/t12-,14-/m0/s1. The minimum atomic E-state index is -3.74. The number of hydrogen-bond donors (Lipinski definition) is 3. The number of aromatic amines is 1. The molecule has 0 radical (unpaired) electrons. The van der Waals surface area contributed by atoms with E-state index < -0.39 is 22.2 Å². The van der Waals surface area contributed by atoms with Gasteiger partial charge in [0, 0.05) is 25.3 Å². The van der Waals surface area contributed by atoms with Crippen LogP contribution in [0.1, 0.15) is 49.0 Å². The number of aliphatic hydroxyl groups excluding tert-OH is 1. The summed E-state index contributed by atoms with van der Waals surface area (Å²) in [5.74, 6) is -0.165. The van der Waals surface area contributed by atoms with E-state index in [-0.39, 0.29) is 16.5 Å². The van der Waals surface area contributed by atoms with Gasteiger partial charge in [-0.1, -0.05) is 12.8 Å². The number of likely N-dealkylation sites (tertiary alicyclic amines) is 1. The van der Waals surface area contributed by atoms with Gasteiger partial charge in [0.1, 0.15) is 10.6 Å². The summed E-state index contributed by atoms with van der Waals surface area (Å²) in [4.78, 5) is 16.8. The largest absolute Gasteiger partial charge is 0.391 e. The highest BCUT2D eigenvalue weighted by atomic mass is 32.2. The molecule has 8 heteroatoms. The number of nitrogens with one attached hydrogen (secondary N) is 2. The lowest BCUT2D eigenvalue weighted by molar-refractivity contribution is 0.0787. The van der Waals surface area contributed by atoms with Gasteiger partial charge in [-0.3, -0.25) is 4.79 Å². The summed E-state index contributed by atoms with van der Waals surface area (Å²) in [5, 5.41) is 9.92. The number of aromatic nitrogens is 1. The van der Waals surface area contributed by atoms with E-state index in [1.54, 1.807) is 4.90 Å². The molecule has 2 atom stereocenters. The molecule has 2 fully saturated rings. The van der Waals surface area contributed by atoms with Gasteiger partial charge < -0.3 is 15.0 Å². The molecule has 0 spiro atoms. The molecule has 0 unspecified atom stereocenters. The highest BCUT2D eigenvalue weighted by molar-refractivity contribution is 7.89. The van der Waals surface area contributed by atoms with Crippen molar-refractivity contribution in [3.8, 4) is 0 Å². The van der Waals surface area contributed by atoms with Crippen LogP contribution in [0, 0.1) is 0 Å². The van der Waals surface area contributed by atoms with Crippen molar-refractivity contribution in [2.24, 2.45) is 0 Å². The quantitative estimate of drug-likeness (QED) is 0.755. The third-order valence-electron chi connectivity index (χ3n) is 4.63. The van der Waals surface area contributed by atoms with Crippen LogP contribution < -0.4 is 4.72 Å². The second kappa shape index (κ2) is 6.62. The fourth-order valence-corrected chi connectivity index (χ4v) is 4.56. The SMILES string of the molecule is O=C(c1cc(S(=O)(=O)N[C@H]2CCCC[C@@H]2O)c[nH]1)N1CCCC1.